The third-order valence-corrected chi connectivity index (χ3v) is 3.28. The van der Waals surface area contributed by atoms with Crippen LogP contribution in [0.5, 0.6) is 5.75 Å². The van der Waals surface area contributed by atoms with Crippen molar-refractivity contribution in [2.24, 2.45) is 0 Å². The molecule has 0 aliphatic carbocycles. The molecule has 0 radical (unpaired) electrons. The maximum absolute atomic E-state index is 13.1. The number of oxazole rings is 1. The Morgan fingerprint density at radius 2 is 1.96 bits per heavy atom. The van der Waals surface area contributed by atoms with E-state index in [1.165, 1.54) is 0 Å². The Hall–Kier alpha value is -2.77. The fraction of sp³-hybridized carbons (Fsp3) is 0.500. The monoisotopic (exact) mass is 393 g/mol. The van der Waals surface area contributed by atoms with Gasteiger partial charge in [0.2, 0.25) is 0 Å². The van der Waals surface area contributed by atoms with E-state index in [2.05, 4.69) is 15.6 Å². The summed E-state index contributed by atoms with van der Waals surface area (Å²) in [6, 6.07) is 5.60. The van der Waals surface area contributed by atoms with Gasteiger partial charge in [0.1, 0.15) is 23.5 Å². The van der Waals surface area contributed by atoms with E-state index in [4.69, 9.17) is 13.9 Å². The Morgan fingerprint density at radius 3 is 2.57 bits per heavy atom. The zero-order valence-corrected chi connectivity index (χ0v) is 17.2. The van der Waals surface area contributed by atoms with E-state index in [1.54, 1.807) is 39.0 Å². The third kappa shape index (κ3) is 7.09. The number of carbonyl (C=O) groups excluding carboxylic acids is 1. The summed E-state index contributed by atoms with van der Waals surface area (Å²) < 4.78 is 29.5. The number of rotatable bonds is 6. The minimum Gasteiger partial charge on any atom is -0.489 e. The van der Waals surface area contributed by atoms with Crippen molar-refractivity contribution in [1.82, 2.24) is 10.3 Å². The molecule has 2 N–H and O–H groups in total. The van der Waals surface area contributed by atoms with Crippen LogP contribution >= 0.6 is 0 Å². The average Bonchev–Trinajstić information content (AvgIpc) is 2.92. The zero-order chi connectivity index (χ0) is 20.9. The molecule has 0 atom stereocenters. The average molecular weight is 393 g/mol. The molecule has 0 saturated heterocycles. The molecule has 0 spiro atoms. The number of alkyl carbamates (subject to hydrolysis) is 1. The van der Waals surface area contributed by atoms with Gasteiger partial charge in [-0.05, 0) is 53.7 Å². The lowest BCUT2D eigenvalue weighted by Crippen LogP contribution is -2.34. The van der Waals surface area contributed by atoms with Crippen LogP contribution in [0.15, 0.2) is 34.5 Å². The van der Waals surface area contributed by atoms with Crippen LogP contribution in [0.25, 0.3) is 11.1 Å². The molecule has 0 aliphatic rings. The standard InChI is InChI=1S/C20H28FN3O4/c1-19(2,3)24-17-23-15-8-7-14(9-16(15)27-17)26-12-13(10-21)11-22-18(25)28-20(4,5)6/h7-10H,11-12H2,1-6H3,(H,22,25)(H,23,24). The minimum absolute atomic E-state index is 0.0182. The number of fused-ring (bicyclic) bond motifs is 1. The molecule has 8 heteroatoms. The van der Waals surface area contributed by atoms with Crippen molar-refractivity contribution in [3.05, 3.63) is 30.1 Å². The van der Waals surface area contributed by atoms with Crippen molar-refractivity contribution >= 4 is 23.2 Å². The lowest BCUT2D eigenvalue weighted by molar-refractivity contribution is 0.0531. The van der Waals surface area contributed by atoms with Crippen molar-refractivity contribution in [3.8, 4) is 5.75 Å². The van der Waals surface area contributed by atoms with Gasteiger partial charge in [0, 0.05) is 23.7 Å². The number of nitrogens with zero attached hydrogens (tertiary/aromatic N) is 1. The molecule has 154 valence electrons. The summed E-state index contributed by atoms with van der Waals surface area (Å²) in [5.74, 6) is 0.502. The smallest absolute Gasteiger partial charge is 0.407 e. The van der Waals surface area contributed by atoms with Gasteiger partial charge in [-0.15, -0.1) is 0 Å². The second-order valence-corrected chi connectivity index (χ2v) is 8.44. The van der Waals surface area contributed by atoms with E-state index in [0.29, 0.717) is 29.2 Å². The molecular weight excluding hydrogens is 365 g/mol. The Kier molecular flexibility index (Phi) is 6.53. The lowest BCUT2D eigenvalue weighted by Gasteiger charge is -2.20. The Morgan fingerprint density at radius 1 is 1.25 bits per heavy atom. The number of ether oxygens (including phenoxy) is 2. The van der Waals surface area contributed by atoms with E-state index >= 15 is 0 Å². The molecule has 1 amide bonds. The van der Waals surface area contributed by atoms with Crippen LogP contribution in [0.3, 0.4) is 0 Å². The number of benzene rings is 1. The highest BCUT2D eigenvalue weighted by Crippen LogP contribution is 2.25. The van der Waals surface area contributed by atoms with Gasteiger partial charge < -0.3 is 24.5 Å². The number of anilines is 1. The number of aromatic nitrogens is 1. The largest absolute Gasteiger partial charge is 0.489 e. The van der Waals surface area contributed by atoms with Gasteiger partial charge in [-0.2, -0.15) is 4.98 Å². The van der Waals surface area contributed by atoms with Gasteiger partial charge in [0.05, 0.1) is 6.33 Å². The topological polar surface area (TPSA) is 85.6 Å². The van der Waals surface area contributed by atoms with Crippen LogP contribution in [-0.2, 0) is 4.74 Å². The molecule has 0 bridgehead atoms. The van der Waals surface area contributed by atoms with Gasteiger partial charge >= 0.3 is 6.09 Å². The second kappa shape index (κ2) is 8.50. The van der Waals surface area contributed by atoms with E-state index in [0.717, 1.165) is 0 Å². The molecule has 0 fully saturated rings. The molecule has 1 heterocycles. The number of halogens is 1. The molecule has 28 heavy (non-hydrogen) atoms. The molecule has 2 aromatic rings. The Labute approximate surface area is 164 Å². The molecule has 1 aromatic heterocycles. The summed E-state index contributed by atoms with van der Waals surface area (Å²) in [4.78, 5) is 16.0. The molecule has 0 saturated carbocycles. The number of carbonyl (C=O) groups is 1. The number of nitrogens with one attached hydrogen (secondary N) is 2. The molecule has 1 aromatic carbocycles. The SMILES string of the molecule is CC(C)(C)Nc1nc2ccc(OCC(=CF)CNC(=O)OC(C)(C)C)cc2o1. The Balaban J connectivity index is 1.93. The normalized spacial score (nSPS) is 12.8. The van der Waals surface area contributed by atoms with Crippen molar-refractivity contribution in [1.29, 1.82) is 0 Å². The molecule has 0 aliphatic heterocycles. The lowest BCUT2D eigenvalue weighted by atomic mass is 10.1. The minimum atomic E-state index is -0.618. The van der Waals surface area contributed by atoms with Crippen molar-refractivity contribution in [2.75, 3.05) is 18.5 Å². The van der Waals surface area contributed by atoms with Crippen molar-refractivity contribution in [3.63, 3.8) is 0 Å². The first kappa shape index (κ1) is 21.5. The zero-order valence-electron chi connectivity index (χ0n) is 17.2. The summed E-state index contributed by atoms with van der Waals surface area (Å²) in [5, 5.41) is 5.66. The van der Waals surface area contributed by atoms with Crippen LogP contribution in [0.1, 0.15) is 41.5 Å². The second-order valence-electron chi connectivity index (χ2n) is 8.44. The predicted molar refractivity (Wildman–Crippen MR) is 106 cm³/mol. The maximum Gasteiger partial charge on any atom is 0.407 e. The van der Waals surface area contributed by atoms with Gasteiger partial charge in [0.15, 0.2) is 5.58 Å². The van der Waals surface area contributed by atoms with Gasteiger partial charge in [-0.25, -0.2) is 9.18 Å². The van der Waals surface area contributed by atoms with E-state index in [1.807, 2.05) is 20.8 Å². The molecule has 0 unspecified atom stereocenters. The van der Waals surface area contributed by atoms with E-state index < -0.39 is 11.7 Å². The maximum atomic E-state index is 13.1. The highest BCUT2D eigenvalue weighted by atomic mass is 19.1. The Bertz CT molecular complexity index is 847. The van der Waals surface area contributed by atoms with Crippen LogP contribution in [0.2, 0.25) is 0 Å². The third-order valence-electron chi connectivity index (χ3n) is 3.28. The first-order valence-corrected chi connectivity index (χ1v) is 9.02. The van der Waals surface area contributed by atoms with Gasteiger partial charge in [-0.1, -0.05) is 0 Å². The van der Waals surface area contributed by atoms with Crippen molar-refractivity contribution in [2.45, 2.75) is 52.7 Å². The summed E-state index contributed by atoms with van der Waals surface area (Å²) >= 11 is 0. The predicted octanol–water partition coefficient (Wildman–Crippen LogP) is 4.80. The molecular formula is C20H28FN3O4. The fourth-order valence-electron chi connectivity index (χ4n) is 2.17. The van der Waals surface area contributed by atoms with E-state index in [9.17, 15) is 9.18 Å². The first-order chi connectivity index (χ1) is 12.9. The van der Waals surface area contributed by atoms with Crippen LogP contribution in [0.4, 0.5) is 15.2 Å². The summed E-state index contributed by atoms with van der Waals surface area (Å²) in [7, 11) is 0. The number of hydrogen-bond donors (Lipinski definition) is 2. The number of hydrogen-bond acceptors (Lipinski definition) is 6. The first-order valence-electron chi connectivity index (χ1n) is 9.02. The van der Waals surface area contributed by atoms with Gasteiger partial charge in [0.25, 0.3) is 6.01 Å². The van der Waals surface area contributed by atoms with Gasteiger partial charge in [-0.3, -0.25) is 0 Å². The van der Waals surface area contributed by atoms with Crippen LogP contribution in [-0.4, -0.2) is 35.4 Å². The van der Waals surface area contributed by atoms with E-state index in [-0.39, 0.29) is 24.3 Å². The highest BCUT2D eigenvalue weighted by Gasteiger charge is 2.17. The summed E-state index contributed by atoms with van der Waals surface area (Å²) in [5.41, 5.74) is 0.711. The van der Waals surface area contributed by atoms with Crippen LogP contribution in [0, 0.1) is 0 Å². The summed E-state index contributed by atoms with van der Waals surface area (Å²) in [6.45, 7) is 11.2. The summed E-state index contributed by atoms with van der Waals surface area (Å²) in [6.07, 6.45) is -0.204. The van der Waals surface area contributed by atoms with Crippen molar-refractivity contribution < 1.29 is 23.1 Å². The quantitative estimate of drug-likeness (QED) is 0.734. The number of amides is 1. The molecule has 2 rings (SSSR count). The highest BCUT2D eigenvalue weighted by molar-refractivity contribution is 5.76. The molecule has 7 nitrogen and oxygen atoms in total. The fourth-order valence-corrected chi connectivity index (χ4v) is 2.17. The van der Waals surface area contributed by atoms with Crippen LogP contribution < -0.4 is 15.4 Å².